The van der Waals surface area contributed by atoms with E-state index in [9.17, 15) is 14.0 Å². The molecule has 0 radical (unpaired) electrons. The third-order valence-corrected chi connectivity index (χ3v) is 4.66. The van der Waals surface area contributed by atoms with Crippen LogP contribution in [0.1, 0.15) is 5.56 Å². The maximum absolute atomic E-state index is 13.1. The maximum atomic E-state index is 13.1. The van der Waals surface area contributed by atoms with E-state index in [4.69, 9.17) is 9.47 Å². The fraction of sp³-hybridized carbons (Fsp3) is 0.273. The third kappa shape index (κ3) is 5.57. The van der Waals surface area contributed by atoms with Gasteiger partial charge < -0.3 is 19.3 Å². The highest BCUT2D eigenvalue weighted by Gasteiger charge is 2.23. The number of ether oxygens (including phenoxy) is 2. The fourth-order valence-corrected chi connectivity index (χ4v) is 3.13. The van der Waals surface area contributed by atoms with Crippen molar-refractivity contribution in [1.29, 1.82) is 0 Å². The van der Waals surface area contributed by atoms with Crippen molar-refractivity contribution in [2.24, 2.45) is 0 Å². The first-order chi connectivity index (χ1) is 14.1. The van der Waals surface area contributed by atoms with Crippen LogP contribution in [-0.4, -0.2) is 56.7 Å². The molecule has 2 aromatic carbocycles. The van der Waals surface area contributed by atoms with Crippen molar-refractivity contribution < 1.29 is 23.5 Å². The molecule has 3 rings (SSSR count). The number of esters is 1. The normalized spacial score (nSPS) is 14.1. The number of carbonyl (C=O) groups is 2. The molecule has 0 spiro atoms. The quantitative estimate of drug-likeness (QED) is 0.553. The summed E-state index contributed by atoms with van der Waals surface area (Å²) in [5.41, 5.74) is 1.54. The molecule has 1 saturated heterocycles. The van der Waals surface area contributed by atoms with Crippen molar-refractivity contribution in [2.75, 3.05) is 44.8 Å². The Balaban J connectivity index is 1.45. The van der Waals surface area contributed by atoms with Crippen molar-refractivity contribution in [2.45, 2.75) is 0 Å². The average Bonchev–Trinajstić information content (AvgIpc) is 2.76. The van der Waals surface area contributed by atoms with Gasteiger partial charge in [0, 0.05) is 32.3 Å². The predicted octanol–water partition coefficient (Wildman–Crippen LogP) is 2.74. The van der Waals surface area contributed by atoms with Crippen LogP contribution >= 0.6 is 0 Å². The molecular formula is C22H23FN2O4. The number of benzene rings is 2. The van der Waals surface area contributed by atoms with Crippen LogP contribution in [0.25, 0.3) is 6.08 Å². The minimum atomic E-state index is -0.643. The number of hydrogen-bond acceptors (Lipinski definition) is 5. The summed E-state index contributed by atoms with van der Waals surface area (Å²) in [6.45, 7) is 2.08. The Labute approximate surface area is 169 Å². The molecule has 0 aliphatic carbocycles. The van der Waals surface area contributed by atoms with Crippen molar-refractivity contribution in [3.63, 3.8) is 0 Å². The van der Waals surface area contributed by atoms with E-state index in [1.807, 2.05) is 24.3 Å². The van der Waals surface area contributed by atoms with Crippen LogP contribution in [0.2, 0.25) is 0 Å². The summed E-state index contributed by atoms with van der Waals surface area (Å²) in [6.07, 6.45) is 2.63. The Hall–Kier alpha value is -3.35. The van der Waals surface area contributed by atoms with Crippen molar-refractivity contribution in [1.82, 2.24) is 4.90 Å². The first-order valence-corrected chi connectivity index (χ1v) is 9.33. The molecule has 1 aliphatic heterocycles. The van der Waals surface area contributed by atoms with Crippen molar-refractivity contribution in [3.05, 3.63) is 66.0 Å². The summed E-state index contributed by atoms with van der Waals surface area (Å²) in [5.74, 6) is -0.471. The number of para-hydroxylation sites is 2. The number of carbonyl (C=O) groups excluding carboxylic acids is 2. The molecule has 152 valence electrons. The van der Waals surface area contributed by atoms with Gasteiger partial charge in [0.1, 0.15) is 11.6 Å². The Bertz CT molecular complexity index is 892. The van der Waals surface area contributed by atoms with Crippen molar-refractivity contribution >= 4 is 23.6 Å². The molecule has 0 unspecified atom stereocenters. The van der Waals surface area contributed by atoms with Gasteiger partial charge in [-0.3, -0.25) is 4.79 Å². The number of anilines is 1. The molecule has 7 heteroatoms. The lowest BCUT2D eigenvalue weighted by Crippen LogP contribution is -2.50. The van der Waals surface area contributed by atoms with Gasteiger partial charge in [0.2, 0.25) is 0 Å². The zero-order chi connectivity index (χ0) is 20.6. The monoisotopic (exact) mass is 398 g/mol. The summed E-state index contributed by atoms with van der Waals surface area (Å²) in [4.78, 5) is 28.0. The number of amides is 1. The molecule has 1 heterocycles. The number of halogens is 1. The first kappa shape index (κ1) is 20.4. The first-order valence-electron chi connectivity index (χ1n) is 9.33. The number of methoxy groups -OCH3 is 1. The van der Waals surface area contributed by atoms with E-state index in [1.165, 1.54) is 24.3 Å². The average molecular weight is 398 g/mol. The van der Waals surface area contributed by atoms with E-state index in [-0.39, 0.29) is 18.3 Å². The van der Waals surface area contributed by atoms with Crippen LogP contribution in [0.3, 0.4) is 0 Å². The topological polar surface area (TPSA) is 59.1 Å². The van der Waals surface area contributed by atoms with E-state index in [2.05, 4.69) is 4.90 Å². The molecular weight excluding hydrogens is 375 g/mol. The molecule has 2 aromatic rings. The summed E-state index contributed by atoms with van der Waals surface area (Å²) in [6, 6.07) is 13.6. The second-order valence-corrected chi connectivity index (χ2v) is 6.54. The fourth-order valence-electron chi connectivity index (χ4n) is 3.13. The maximum Gasteiger partial charge on any atom is 0.331 e. The van der Waals surface area contributed by atoms with Crippen molar-refractivity contribution in [3.8, 4) is 5.75 Å². The van der Waals surface area contributed by atoms with Crippen LogP contribution < -0.4 is 9.64 Å². The van der Waals surface area contributed by atoms with Gasteiger partial charge in [0.05, 0.1) is 12.8 Å². The SMILES string of the molecule is COc1ccccc1N1CCN(C(=O)COC(=O)/C=C/c2cccc(F)c2)CC1. The van der Waals surface area contributed by atoms with Crippen LogP contribution in [-0.2, 0) is 14.3 Å². The number of rotatable bonds is 6. The second kappa shape index (κ2) is 9.73. The van der Waals surface area contributed by atoms with E-state index in [1.54, 1.807) is 24.1 Å². The number of piperazine rings is 1. The lowest BCUT2D eigenvalue weighted by atomic mass is 10.2. The highest BCUT2D eigenvalue weighted by Crippen LogP contribution is 2.28. The highest BCUT2D eigenvalue weighted by atomic mass is 19.1. The molecule has 6 nitrogen and oxygen atoms in total. The Morgan fingerprint density at radius 3 is 2.55 bits per heavy atom. The van der Waals surface area contributed by atoms with Gasteiger partial charge in [0.25, 0.3) is 5.91 Å². The number of nitrogens with zero attached hydrogens (tertiary/aromatic N) is 2. The summed E-state index contributed by atoms with van der Waals surface area (Å²) < 4.78 is 23.5. The van der Waals surface area contributed by atoms with E-state index in [0.717, 1.165) is 11.4 Å². The highest BCUT2D eigenvalue weighted by molar-refractivity contribution is 5.89. The molecule has 0 aromatic heterocycles. The summed E-state index contributed by atoms with van der Waals surface area (Å²) in [7, 11) is 1.63. The number of hydrogen-bond donors (Lipinski definition) is 0. The molecule has 1 amide bonds. The Kier molecular flexibility index (Phi) is 6.84. The molecule has 29 heavy (non-hydrogen) atoms. The van der Waals surface area contributed by atoms with Crippen LogP contribution in [0.5, 0.6) is 5.75 Å². The summed E-state index contributed by atoms with van der Waals surface area (Å²) in [5, 5.41) is 0. The van der Waals surface area contributed by atoms with Crippen LogP contribution in [0, 0.1) is 5.82 Å². The zero-order valence-electron chi connectivity index (χ0n) is 16.2. The van der Waals surface area contributed by atoms with E-state index >= 15 is 0 Å². The van der Waals surface area contributed by atoms with Crippen LogP contribution in [0.15, 0.2) is 54.6 Å². The zero-order valence-corrected chi connectivity index (χ0v) is 16.2. The van der Waals surface area contributed by atoms with Gasteiger partial charge in [-0.05, 0) is 35.9 Å². The minimum Gasteiger partial charge on any atom is -0.495 e. The second-order valence-electron chi connectivity index (χ2n) is 6.54. The van der Waals surface area contributed by atoms with Gasteiger partial charge in [-0.25, -0.2) is 9.18 Å². The molecule has 0 saturated carbocycles. The molecule has 0 atom stereocenters. The van der Waals surface area contributed by atoms with Gasteiger partial charge in [-0.2, -0.15) is 0 Å². The van der Waals surface area contributed by atoms with Crippen LogP contribution in [0.4, 0.5) is 10.1 Å². The van der Waals surface area contributed by atoms with Gasteiger partial charge in [0.15, 0.2) is 6.61 Å². The van der Waals surface area contributed by atoms with Gasteiger partial charge >= 0.3 is 5.97 Å². The standard InChI is InChI=1S/C22H23FN2O4/c1-28-20-8-3-2-7-19(20)24-11-13-25(14-12-24)21(26)16-29-22(27)10-9-17-5-4-6-18(23)15-17/h2-10,15H,11-14,16H2,1H3/b10-9+. The van der Waals surface area contributed by atoms with Gasteiger partial charge in [-0.1, -0.05) is 24.3 Å². The third-order valence-electron chi connectivity index (χ3n) is 4.66. The lowest BCUT2D eigenvalue weighted by molar-refractivity contribution is -0.148. The minimum absolute atomic E-state index is 0.239. The Morgan fingerprint density at radius 2 is 1.83 bits per heavy atom. The molecule has 1 aliphatic rings. The molecule has 1 fully saturated rings. The summed E-state index contributed by atoms with van der Waals surface area (Å²) >= 11 is 0. The molecule has 0 N–H and O–H groups in total. The largest absolute Gasteiger partial charge is 0.495 e. The van der Waals surface area contributed by atoms with E-state index < -0.39 is 5.97 Å². The lowest BCUT2D eigenvalue weighted by Gasteiger charge is -2.36. The Morgan fingerprint density at radius 1 is 1.07 bits per heavy atom. The predicted molar refractivity (Wildman–Crippen MR) is 108 cm³/mol. The smallest absolute Gasteiger partial charge is 0.331 e. The van der Waals surface area contributed by atoms with Gasteiger partial charge in [-0.15, -0.1) is 0 Å². The molecule has 0 bridgehead atoms. The van der Waals surface area contributed by atoms with E-state index in [0.29, 0.717) is 31.7 Å².